The first-order chi connectivity index (χ1) is 6.67. The van der Waals surface area contributed by atoms with Crippen LogP contribution in [0, 0.1) is 0 Å². The molecule has 1 saturated carbocycles. The minimum absolute atomic E-state index is 0.673. The standard InChI is InChI=1S/C8H11N3O2S/c1-11(7-10-9-5-14-7)8(6(12)13)3-2-4-8/h5H,2-4H2,1H3,(H,12,13). The van der Waals surface area contributed by atoms with Crippen molar-refractivity contribution in [1.29, 1.82) is 0 Å². The van der Waals surface area contributed by atoms with E-state index >= 15 is 0 Å². The van der Waals surface area contributed by atoms with Crippen molar-refractivity contribution in [2.75, 3.05) is 11.9 Å². The molecule has 0 spiro atoms. The van der Waals surface area contributed by atoms with Crippen molar-refractivity contribution in [1.82, 2.24) is 10.2 Å². The summed E-state index contributed by atoms with van der Waals surface area (Å²) in [4.78, 5) is 12.9. The van der Waals surface area contributed by atoms with Crippen molar-refractivity contribution in [3.63, 3.8) is 0 Å². The third-order valence-electron chi connectivity index (χ3n) is 2.86. The van der Waals surface area contributed by atoms with Gasteiger partial charge in [0.05, 0.1) is 0 Å². The zero-order valence-electron chi connectivity index (χ0n) is 7.80. The van der Waals surface area contributed by atoms with Gasteiger partial charge in [-0.15, -0.1) is 10.2 Å². The largest absolute Gasteiger partial charge is 0.479 e. The molecule has 76 valence electrons. The van der Waals surface area contributed by atoms with Gasteiger partial charge in [0.15, 0.2) is 0 Å². The second kappa shape index (κ2) is 3.20. The second-order valence-electron chi connectivity index (χ2n) is 3.47. The van der Waals surface area contributed by atoms with E-state index in [1.165, 1.54) is 11.3 Å². The highest BCUT2D eigenvalue weighted by atomic mass is 32.1. The summed E-state index contributed by atoms with van der Waals surface area (Å²) in [7, 11) is 1.77. The smallest absolute Gasteiger partial charge is 0.329 e. The number of likely N-dealkylation sites (N-methyl/N-ethyl adjacent to an activating group) is 1. The number of hydrogen-bond donors (Lipinski definition) is 1. The van der Waals surface area contributed by atoms with Crippen LogP contribution < -0.4 is 4.90 Å². The molecule has 0 aromatic carbocycles. The van der Waals surface area contributed by atoms with E-state index in [0.717, 1.165) is 6.42 Å². The number of hydrogen-bond acceptors (Lipinski definition) is 5. The average Bonchev–Trinajstić information content (AvgIpc) is 2.51. The van der Waals surface area contributed by atoms with Crippen LogP contribution in [0.4, 0.5) is 5.13 Å². The Morgan fingerprint density at radius 3 is 2.79 bits per heavy atom. The Balaban J connectivity index is 2.25. The quantitative estimate of drug-likeness (QED) is 0.810. The first-order valence-corrected chi connectivity index (χ1v) is 5.28. The maximum Gasteiger partial charge on any atom is 0.329 e. The lowest BCUT2D eigenvalue weighted by Gasteiger charge is -2.44. The molecule has 1 heterocycles. The minimum atomic E-state index is -0.763. The van der Waals surface area contributed by atoms with E-state index in [1.807, 2.05) is 0 Å². The summed E-state index contributed by atoms with van der Waals surface area (Å²) >= 11 is 1.36. The molecule has 0 atom stereocenters. The lowest BCUT2D eigenvalue weighted by molar-refractivity contribution is -0.146. The van der Waals surface area contributed by atoms with Gasteiger partial charge in [0.1, 0.15) is 11.0 Å². The Bertz CT molecular complexity index is 334. The molecule has 1 aliphatic carbocycles. The highest BCUT2D eigenvalue weighted by molar-refractivity contribution is 7.13. The molecule has 0 saturated heterocycles. The summed E-state index contributed by atoms with van der Waals surface area (Å²) < 4.78 is 0. The fourth-order valence-corrected chi connectivity index (χ4v) is 2.32. The molecule has 2 rings (SSSR count). The molecule has 14 heavy (non-hydrogen) atoms. The highest BCUT2D eigenvalue weighted by Gasteiger charge is 2.48. The van der Waals surface area contributed by atoms with Crippen LogP contribution in [0.25, 0.3) is 0 Å². The SMILES string of the molecule is CN(c1nncs1)C1(C(=O)O)CCC1. The number of anilines is 1. The number of carboxylic acids is 1. The second-order valence-corrected chi connectivity index (χ2v) is 4.28. The summed E-state index contributed by atoms with van der Waals surface area (Å²) in [6, 6.07) is 0. The summed E-state index contributed by atoms with van der Waals surface area (Å²) in [6.45, 7) is 0. The highest BCUT2D eigenvalue weighted by Crippen LogP contribution is 2.39. The summed E-state index contributed by atoms with van der Waals surface area (Å²) in [5.74, 6) is -0.763. The molecular weight excluding hydrogens is 202 g/mol. The molecule has 5 nitrogen and oxygen atoms in total. The Hall–Kier alpha value is -1.17. The van der Waals surface area contributed by atoms with E-state index in [4.69, 9.17) is 5.11 Å². The summed E-state index contributed by atoms with van der Waals surface area (Å²) in [6.07, 6.45) is 2.35. The van der Waals surface area contributed by atoms with Crippen molar-refractivity contribution in [3.8, 4) is 0 Å². The van der Waals surface area contributed by atoms with E-state index in [9.17, 15) is 4.79 Å². The number of carboxylic acid groups (broad SMARTS) is 1. The number of carbonyl (C=O) groups is 1. The van der Waals surface area contributed by atoms with Crippen molar-refractivity contribution >= 4 is 22.4 Å². The fraction of sp³-hybridized carbons (Fsp3) is 0.625. The molecule has 1 aromatic rings. The lowest BCUT2D eigenvalue weighted by atomic mass is 9.76. The number of aliphatic carboxylic acids is 1. The molecule has 1 aliphatic rings. The van der Waals surface area contributed by atoms with Crippen LogP contribution in [0.5, 0.6) is 0 Å². The summed E-state index contributed by atoms with van der Waals surface area (Å²) in [5.41, 5.74) is 0.875. The van der Waals surface area contributed by atoms with Crippen LogP contribution in [0.1, 0.15) is 19.3 Å². The van der Waals surface area contributed by atoms with E-state index in [2.05, 4.69) is 10.2 Å². The van der Waals surface area contributed by atoms with Gasteiger partial charge in [0, 0.05) is 7.05 Å². The van der Waals surface area contributed by atoms with E-state index in [0.29, 0.717) is 18.0 Å². The first-order valence-electron chi connectivity index (χ1n) is 4.40. The minimum Gasteiger partial charge on any atom is -0.479 e. The first kappa shape index (κ1) is 9.39. The van der Waals surface area contributed by atoms with Crippen LogP contribution in [0.15, 0.2) is 5.51 Å². The topological polar surface area (TPSA) is 66.3 Å². The third-order valence-corrected chi connectivity index (χ3v) is 3.62. The van der Waals surface area contributed by atoms with Gasteiger partial charge in [-0.1, -0.05) is 11.3 Å². The average molecular weight is 213 g/mol. The van der Waals surface area contributed by atoms with E-state index < -0.39 is 11.5 Å². The molecular formula is C8H11N3O2S. The maximum absolute atomic E-state index is 11.2. The lowest BCUT2D eigenvalue weighted by Crippen LogP contribution is -2.58. The van der Waals surface area contributed by atoms with E-state index in [1.54, 1.807) is 17.5 Å². The molecule has 1 aromatic heterocycles. The Labute approximate surface area is 85.4 Å². The van der Waals surface area contributed by atoms with Gasteiger partial charge in [0.2, 0.25) is 5.13 Å². The maximum atomic E-state index is 11.2. The Morgan fingerprint density at radius 1 is 1.71 bits per heavy atom. The molecule has 1 N–H and O–H groups in total. The van der Waals surface area contributed by atoms with Crippen LogP contribution in [-0.4, -0.2) is 33.9 Å². The van der Waals surface area contributed by atoms with Gasteiger partial charge in [-0.3, -0.25) is 0 Å². The van der Waals surface area contributed by atoms with Gasteiger partial charge in [0.25, 0.3) is 0 Å². The zero-order valence-corrected chi connectivity index (χ0v) is 8.62. The molecule has 6 heteroatoms. The van der Waals surface area contributed by atoms with Crippen molar-refractivity contribution < 1.29 is 9.90 Å². The zero-order chi connectivity index (χ0) is 10.2. The monoisotopic (exact) mass is 213 g/mol. The van der Waals surface area contributed by atoms with Crippen molar-refractivity contribution in [2.45, 2.75) is 24.8 Å². The van der Waals surface area contributed by atoms with Gasteiger partial charge in [-0.25, -0.2) is 4.79 Å². The Morgan fingerprint density at radius 2 is 2.43 bits per heavy atom. The van der Waals surface area contributed by atoms with Gasteiger partial charge < -0.3 is 10.0 Å². The molecule has 1 fully saturated rings. The third kappa shape index (κ3) is 1.18. The fourth-order valence-electron chi connectivity index (χ4n) is 1.70. The van der Waals surface area contributed by atoms with Crippen LogP contribution >= 0.6 is 11.3 Å². The number of aromatic nitrogens is 2. The van der Waals surface area contributed by atoms with Crippen molar-refractivity contribution in [2.24, 2.45) is 0 Å². The van der Waals surface area contributed by atoms with Crippen LogP contribution in [-0.2, 0) is 4.79 Å². The van der Waals surface area contributed by atoms with E-state index in [-0.39, 0.29) is 0 Å². The Kier molecular flexibility index (Phi) is 2.14. The number of rotatable bonds is 3. The molecule has 0 unspecified atom stereocenters. The van der Waals surface area contributed by atoms with Gasteiger partial charge >= 0.3 is 5.97 Å². The van der Waals surface area contributed by atoms with Crippen molar-refractivity contribution in [3.05, 3.63) is 5.51 Å². The molecule has 0 radical (unpaired) electrons. The predicted molar refractivity (Wildman–Crippen MR) is 52.5 cm³/mol. The van der Waals surface area contributed by atoms with Crippen LogP contribution in [0.2, 0.25) is 0 Å². The van der Waals surface area contributed by atoms with Gasteiger partial charge in [-0.05, 0) is 19.3 Å². The molecule has 0 bridgehead atoms. The normalized spacial score (nSPS) is 18.6. The predicted octanol–water partition coefficient (Wildman–Crippen LogP) is 0.982. The molecule has 0 amide bonds. The van der Waals surface area contributed by atoms with Crippen LogP contribution in [0.3, 0.4) is 0 Å². The number of nitrogens with zero attached hydrogens (tertiary/aromatic N) is 3. The molecule has 0 aliphatic heterocycles. The van der Waals surface area contributed by atoms with Gasteiger partial charge in [-0.2, -0.15) is 0 Å². The summed E-state index contributed by atoms with van der Waals surface area (Å²) in [5, 5.41) is 17.4.